The zero-order valence-electron chi connectivity index (χ0n) is 14.6. The van der Waals surface area contributed by atoms with Crippen LogP contribution in [0, 0.1) is 12.7 Å². The molecule has 6 heteroatoms. The number of halogens is 1. The number of thioether (sulfide) groups is 1. The third kappa shape index (κ3) is 4.52. The van der Waals surface area contributed by atoms with E-state index in [0.29, 0.717) is 17.5 Å². The number of hydrogen-bond donors (Lipinski definition) is 0. The van der Waals surface area contributed by atoms with Crippen LogP contribution in [0.2, 0.25) is 0 Å². The first-order valence-electron chi connectivity index (χ1n) is 8.16. The van der Waals surface area contributed by atoms with E-state index in [1.165, 1.54) is 23.9 Å². The molecule has 1 aromatic heterocycles. The number of oxazole rings is 1. The van der Waals surface area contributed by atoms with Gasteiger partial charge in [0.1, 0.15) is 5.82 Å². The molecule has 0 atom stereocenters. The number of benzene rings is 2. The van der Waals surface area contributed by atoms with E-state index in [0.717, 1.165) is 16.7 Å². The van der Waals surface area contributed by atoms with Crippen LogP contribution in [0.3, 0.4) is 0 Å². The number of hydrogen-bond acceptors (Lipinski definition) is 4. The van der Waals surface area contributed by atoms with Crippen molar-refractivity contribution in [2.45, 2.75) is 18.7 Å². The maximum atomic E-state index is 13.0. The second-order valence-corrected chi connectivity index (χ2v) is 6.89. The van der Waals surface area contributed by atoms with Crippen LogP contribution in [0.25, 0.3) is 11.3 Å². The van der Waals surface area contributed by atoms with Gasteiger partial charge >= 0.3 is 0 Å². The molecule has 0 saturated heterocycles. The molecule has 0 N–H and O–H groups in total. The van der Waals surface area contributed by atoms with Crippen molar-refractivity contribution in [1.82, 2.24) is 9.88 Å². The molecule has 0 unspecified atom stereocenters. The summed E-state index contributed by atoms with van der Waals surface area (Å²) in [7, 11) is 1.79. The van der Waals surface area contributed by atoms with Gasteiger partial charge in [0.15, 0.2) is 5.76 Å². The number of rotatable bonds is 6. The lowest BCUT2D eigenvalue weighted by Crippen LogP contribution is -2.28. The molecule has 0 saturated carbocycles. The van der Waals surface area contributed by atoms with E-state index in [1.807, 2.05) is 31.2 Å². The normalized spacial score (nSPS) is 10.7. The lowest BCUT2D eigenvalue weighted by atomic mass is 10.1. The van der Waals surface area contributed by atoms with E-state index in [1.54, 1.807) is 30.3 Å². The second kappa shape index (κ2) is 8.19. The van der Waals surface area contributed by atoms with E-state index in [9.17, 15) is 9.18 Å². The maximum Gasteiger partial charge on any atom is 0.256 e. The van der Waals surface area contributed by atoms with Crippen molar-refractivity contribution < 1.29 is 13.6 Å². The molecule has 134 valence electrons. The molecule has 3 aromatic rings. The Morgan fingerprint density at radius 2 is 1.92 bits per heavy atom. The van der Waals surface area contributed by atoms with Crippen LogP contribution in [0.15, 0.2) is 64.4 Å². The van der Waals surface area contributed by atoms with Crippen LogP contribution in [0.4, 0.5) is 4.39 Å². The Bertz CT molecular complexity index is 893. The van der Waals surface area contributed by atoms with E-state index in [2.05, 4.69) is 4.98 Å². The number of carbonyl (C=O) groups is 1. The smallest absolute Gasteiger partial charge is 0.256 e. The Kier molecular flexibility index (Phi) is 5.73. The summed E-state index contributed by atoms with van der Waals surface area (Å²) in [6.45, 7) is 2.60. The first-order valence-corrected chi connectivity index (χ1v) is 9.14. The van der Waals surface area contributed by atoms with Gasteiger partial charge in [0.2, 0.25) is 5.91 Å². The molecule has 3 rings (SSSR count). The van der Waals surface area contributed by atoms with Crippen molar-refractivity contribution in [2.75, 3.05) is 12.8 Å². The van der Waals surface area contributed by atoms with Crippen molar-refractivity contribution in [1.29, 1.82) is 0 Å². The minimum absolute atomic E-state index is 0.000199. The average Bonchev–Trinajstić information content (AvgIpc) is 3.11. The first kappa shape index (κ1) is 18.2. The molecular formula is C20H19FN2O2S. The summed E-state index contributed by atoms with van der Waals surface area (Å²) in [5.41, 5.74) is 3.04. The predicted octanol–water partition coefficient (Wildman–Crippen LogP) is 4.54. The quantitative estimate of drug-likeness (QED) is 0.598. The minimum Gasteiger partial charge on any atom is -0.431 e. The predicted molar refractivity (Wildman–Crippen MR) is 100 cm³/mol. The van der Waals surface area contributed by atoms with Gasteiger partial charge in [-0.05, 0) is 42.3 Å². The van der Waals surface area contributed by atoms with Crippen molar-refractivity contribution in [3.05, 3.63) is 71.7 Å². The molecule has 0 aliphatic carbocycles. The Hall–Kier alpha value is -2.60. The van der Waals surface area contributed by atoms with Crippen molar-refractivity contribution >= 4 is 17.7 Å². The fourth-order valence-electron chi connectivity index (χ4n) is 2.44. The topological polar surface area (TPSA) is 46.3 Å². The highest BCUT2D eigenvalue weighted by atomic mass is 32.2. The summed E-state index contributed by atoms with van der Waals surface area (Å²) in [5, 5.41) is 0.418. The van der Waals surface area contributed by atoms with Crippen LogP contribution in [0.1, 0.15) is 11.1 Å². The Morgan fingerprint density at radius 1 is 1.19 bits per heavy atom. The number of nitrogens with zero attached hydrogens (tertiary/aromatic N) is 2. The molecule has 0 bridgehead atoms. The molecule has 0 fully saturated rings. The summed E-state index contributed by atoms with van der Waals surface area (Å²) in [6, 6.07) is 14.0. The highest BCUT2D eigenvalue weighted by Gasteiger charge is 2.14. The summed E-state index contributed by atoms with van der Waals surface area (Å²) in [6.07, 6.45) is 1.58. The third-order valence-electron chi connectivity index (χ3n) is 4.03. The van der Waals surface area contributed by atoms with E-state index in [-0.39, 0.29) is 17.5 Å². The van der Waals surface area contributed by atoms with Gasteiger partial charge in [-0.15, -0.1) is 0 Å². The van der Waals surface area contributed by atoms with E-state index < -0.39 is 0 Å². The highest BCUT2D eigenvalue weighted by Crippen LogP contribution is 2.25. The van der Waals surface area contributed by atoms with Gasteiger partial charge in [0.25, 0.3) is 5.22 Å². The minimum atomic E-state index is -0.301. The van der Waals surface area contributed by atoms with Gasteiger partial charge in [0.05, 0.1) is 11.9 Å². The van der Waals surface area contributed by atoms with Crippen molar-refractivity contribution in [3.8, 4) is 11.3 Å². The Labute approximate surface area is 156 Å². The van der Waals surface area contributed by atoms with Crippen LogP contribution < -0.4 is 0 Å². The fourth-order valence-corrected chi connectivity index (χ4v) is 3.18. The average molecular weight is 370 g/mol. The molecule has 1 amide bonds. The molecule has 0 spiro atoms. The molecule has 2 aromatic carbocycles. The van der Waals surface area contributed by atoms with Crippen molar-refractivity contribution in [3.63, 3.8) is 0 Å². The summed E-state index contributed by atoms with van der Waals surface area (Å²) in [4.78, 5) is 18.2. The second-order valence-electron chi connectivity index (χ2n) is 5.96. The van der Waals surface area contributed by atoms with E-state index >= 15 is 0 Å². The number of aromatic nitrogens is 1. The molecule has 26 heavy (non-hydrogen) atoms. The van der Waals surface area contributed by atoms with Crippen LogP contribution in [-0.2, 0) is 11.3 Å². The lowest BCUT2D eigenvalue weighted by Gasteiger charge is -2.18. The van der Waals surface area contributed by atoms with Gasteiger partial charge in [0, 0.05) is 19.2 Å². The van der Waals surface area contributed by atoms with Crippen LogP contribution in [-0.4, -0.2) is 28.6 Å². The van der Waals surface area contributed by atoms with E-state index in [4.69, 9.17) is 4.42 Å². The standard InChI is InChI=1S/C20H19FN2O2S/c1-14-5-3-4-6-16(14)12-23(2)19(24)13-26-20-22-11-18(25-20)15-7-9-17(21)10-8-15/h3-11H,12-13H2,1-2H3. The molecule has 0 aliphatic heterocycles. The fraction of sp³-hybridized carbons (Fsp3) is 0.200. The summed E-state index contributed by atoms with van der Waals surface area (Å²) in [5.74, 6) is 0.490. The largest absolute Gasteiger partial charge is 0.431 e. The van der Waals surface area contributed by atoms with Gasteiger partial charge in [-0.1, -0.05) is 36.0 Å². The number of aryl methyl sites for hydroxylation is 1. The van der Waals surface area contributed by atoms with Crippen LogP contribution in [0.5, 0.6) is 0 Å². The molecule has 1 heterocycles. The first-order chi connectivity index (χ1) is 12.5. The van der Waals surface area contributed by atoms with Gasteiger partial charge in [-0.3, -0.25) is 4.79 Å². The maximum absolute atomic E-state index is 13.0. The van der Waals surface area contributed by atoms with Gasteiger partial charge < -0.3 is 9.32 Å². The molecule has 0 radical (unpaired) electrons. The van der Waals surface area contributed by atoms with Gasteiger partial charge in [-0.25, -0.2) is 9.37 Å². The lowest BCUT2D eigenvalue weighted by molar-refractivity contribution is -0.127. The number of carbonyl (C=O) groups excluding carboxylic acids is 1. The zero-order valence-corrected chi connectivity index (χ0v) is 15.4. The zero-order chi connectivity index (χ0) is 18.5. The molecule has 4 nitrogen and oxygen atoms in total. The summed E-state index contributed by atoms with van der Waals surface area (Å²) < 4.78 is 18.6. The highest BCUT2D eigenvalue weighted by molar-refractivity contribution is 7.99. The summed E-state index contributed by atoms with van der Waals surface area (Å²) >= 11 is 1.25. The SMILES string of the molecule is Cc1ccccc1CN(C)C(=O)CSc1ncc(-c2ccc(F)cc2)o1. The van der Waals surface area contributed by atoms with Gasteiger partial charge in [-0.2, -0.15) is 0 Å². The monoisotopic (exact) mass is 370 g/mol. The molecular weight excluding hydrogens is 351 g/mol. The molecule has 0 aliphatic rings. The Morgan fingerprint density at radius 3 is 2.65 bits per heavy atom. The number of amides is 1. The van der Waals surface area contributed by atoms with Crippen LogP contribution >= 0.6 is 11.8 Å². The van der Waals surface area contributed by atoms with Crippen molar-refractivity contribution in [2.24, 2.45) is 0 Å². The third-order valence-corrected chi connectivity index (χ3v) is 4.85. The Balaban J connectivity index is 1.56.